The molecule has 0 heterocycles. The minimum Gasteiger partial charge on any atom is -0.507 e. The topological polar surface area (TPSA) is 443 Å². The number of phenols is 1. The predicted octanol–water partition coefficient (Wildman–Crippen LogP) is 4.84. The van der Waals surface area contributed by atoms with Crippen LogP contribution in [0.3, 0.4) is 0 Å². The first-order valence-electron chi connectivity index (χ1n) is 15.7. The summed E-state index contributed by atoms with van der Waals surface area (Å²) in [4.78, 5) is -3.12. The monoisotopic (exact) mass is 945 g/mol. The summed E-state index contributed by atoms with van der Waals surface area (Å²) in [6.45, 7) is 0. The van der Waals surface area contributed by atoms with Crippen LogP contribution in [0, 0.1) is 0 Å². The maximum Gasteiger partial charge on any atom is 0.398 e. The normalized spacial score (nSPS) is 13.2. The van der Waals surface area contributed by atoms with Crippen molar-refractivity contribution in [3.63, 3.8) is 0 Å². The molecule has 0 amide bonds. The van der Waals surface area contributed by atoms with Gasteiger partial charge < -0.3 is 27.0 Å². The average Bonchev–Trinajstić information content (AvgIpc) is 3.15. The molecule has 26 nitrogen and oxygen atoms in total. The van der Waals surface area contributed by atoms with E-state index in [-0.39, 0.29) is 39.3 Å². The molecule has 0 aliphatic heterocycles. The highest BCUT2D eigenvalue weighted by molar-refractivity contribution is 7.92. The number of aromatic hydroxyl groups is 1. The fraction of sp³-hybridized carbons (Fsp3) is 0.0667. The number of nitrogen functional groups attached to an aromatic ring is 3. The maximum atomic E-state index is 12.5. The Balaban J connectivity index is 1.54. The summed E-state index contributed by atoms with van der Waals surface area (Å²) < 4.78 is 166. The molecule has 5 rings (SSSR count). The Bertz CT molecular complexity index is 3310. The van der Waals surface area contributed by atoms with E-state index in [1.54, 1.807) is 0 Å². The molecule has 0 fully saturated rings. The van der Waals surface area contributed by atoms with Crippen molar-refractivity contribution < 1.29 is 74.3 Å². The van der Waals surface area contributed by atoms with Crippen LogP contribution < -0.4 is 21.9 Å². The van der Waals surface area contributed by atoms with Crippen LogP contribution in [0.15, 0.2) is 117 Å². The molecule has 61 heavy (non-hydrogen) atoms. The second-order valence-corrected chi connectivity index (χ2v) is 19.1. The molecule has 0 saturated carbocycles. The molecular formula is C30H27N9O17S5. The SMILES string of the molecule is COc1cc(S(=O)(=O)COS(=O)(=O)O)ccc1/N=N/c1c(N)c(/N=N/c2ccc(/N=N/c3c(N)ccc4cc(S(=O)(=O)O)cc(O)c34)c(S(=O)(=O)O)c2)cc(S(=O)(=O)O)c1N. The highest BCUT2D eigenvalue weighted by Crippen LogP contribution is 2.45. The number of benzene rings is 5. The van der Waals surface area contributed by atoms with Crippen LogP contribution in [-0.2, 0) is 54.8 Å². The van der Waals surface area contributed by atoms with Gasteiger partial charge in [0.1, 0.15) is 49.7 Å². The number of azo groups is 3. The molecule has 324 valence electrons. The molecular weight excluding hydrogens is 919 g/mol. The molecule has 0 unspecified atom stereocenters. The molecule has 31 heteroatoms. The summed E-state index contributed by atoms with van der Waals surface area (Å²) >= 11 is 0. The summed E-state index contributed by atoms with van der Waals surface area (Å²) in [5.41, 5.74) is 14.1. The third-order valence-corrected chi connectivity index (χ3v) is 12.4. The molecule has 0 saturated heterocycles. The molecule has 5 aromatic rings. The molecule has 0 atom stereocenters. The van der Waals surface area contributed by atoms with Crippen molar-refractivity contribution in [2.75, 3.05) is 30.2 Å². The van der Waals surface area contributed by atoms with Crippen LogP contribution in [0.4, 0.5) is 51.2 Å². The van der Waals surface area contributed by atoms with Gasteiger partial charge in [-0.05, 0) is 53.9 Å². The van der Waals surface area contributed by atoms with Gasteiger partial charge in [-0.3, -0.25) is 18.2 Å². The standard InChI is InChI=1S/C30H27N9O17S5/c1-55-23-11-16(57(41,42)13-56-61(52,53)54)4-7-19(23)35-39-30-27(32)21(12-25(28(30)33)60(49,50)51)37-34-15-3-6-20(24(9-15)59(46,47)48)36-38-29-18(31)5-2-14-8-17(58(43,44)45)10-22(40)26(14)29/h2-12,40H,13,31-33H2,1H3,(H,43,44,45)(H,46,47,48)(H,49,50,51)(H,52,53,54)/b37-34+,38-36+,39-35+. The number of phenolic OH excluding ortho intramolecular Hbond substituents is 1. The molecule has 0 radical (unpaired) electrons. The Morgan fingerprint density at radius 3 is 1.79 bits per heavy atom. The Morgan fingerprint density at radius 2 is 1.18 bits per heavy atom. The Hall–Kier alpha value is -6.29. The fourth-order valence-corrected chi connectivity index (χ4v) is 8.54. The zero-order valence-electron chi connectivity index (χ0n) is 30.1. The number of hydrogen-bond acceptors (Lipinski definition) is 22. The lowest BCUT2D eigenvalue weighted by Crippen LogP contribution is -2.14. The highest BCUT2D eigenvalue weighted by Gasteiger charge is 2.25. The third kappa shape index (κ3) is 10.5. The van der Waals surface area contributed by atoms with Gasteiger partial charge in [0.15, 0.2) is 5.94 Å². The van der Waals surface area contributed by atoms with Crippen LogP contribution in [0.5, 0.6) is 11.5 Å². The number of ether oxygens (including phenoxy) is 1. The Labute approximate surface area is 344 Å². The van der Waals surface area contributed by atoms with E-state index in [1.807, 2.05) is 0 Å². The second-order valence-electron chi connectivity index (χ2n) is 11.9. The lowest BCUT2D eigenvalue weighted by Gasteiger charge is -2.11. The van der Waals surface area contributed by atoms with E-state index in [9.17, 15) is 60.9 Å². The van der Waals surface area contributed by atoms with E-state index in [1.165, 1.54) is 12.1 Å². The van der Waals surface area contributed by atoms with E-state index < -0.39 is 110 Å². The Kier molecular flexibility index (Phi) is 12.5. The lowest BCUT2D eigenvalue weighted by molar-refractivity contribution is 0.306. The van der Waals surface area contributed by atoms with E-state index >= 15 is 0 Å². The third-order valence-electron chi connectivity index (χ3n) is 7.84. The van der Waals surface area contributed by atoms with Gasteiger partial charge in [0.05, 0.1) is 45.0 Å². The van der Waals surface area contributed by atoms with E-state index in [0.29, 0.717) is 12.1 Å². The zero-order chi connectivity index (χ0) is 45.5. The molecule has 11 N–H and O–H groups in total. The number of nitrogens with two attached hydrogens (primary N) is 3. The van der Waals surface area contributed by atoms with E-state index in [4.69, 9.17) is 26.5 Å². The van der Waals surface area contributed by atoms with Crippen LogP contribution in [0.2, 0.25) is 0 Å². The molecule has 0 bridgehead atoms. The number of methoxy groups -OCH3 is 1. The lowest BCUT2D eigenvalue weighted by atomic mass is 10.1. The molecule has 5 aromatic carbocycles. The molecule has 0 aromatic heterocycles. The van der Waals surface area contributed by atoms with Gasteiger partial charge in [0.2, 0.25) is 9.84 Å². The maximum absolute atomic E-state index is 12.5. The van der Waals surface area contributed by atoms with Crippen LogP contribution in [0.1, 0.15) is 0 Å². The van der Waals surface area contributed by atoms with Crippen molar-refractivity contribution in [2.45, 2.75) is 19.6 Å². The predicted molar refractivity (Wildman–Crippen MR) is 211 cm³/mol. The van der Waals surface area contributed by atoms with E-state index in [2.05, 4.69) is 34.9 Å². The Morgan fingerprint density at radius 1 is 0.574 bits per heavy atom. The fourth-order valence-electron chi connectivity index (χ4n) is 5.04. The first-order chi connectivity index (χ1) is 28.1. The zero-order valence-corrected chi connectivity index (χ0v) is 34.2. The minimum atomic E-state index is -5.15. The van der Waals surface area contributed by atoms with Gasteiger partial charge in [-0.1, -0.05) is 6.07 Å². The van der Waals surface area contributed by atoms with Gasteiger partial charge in [0, 0.05) is 12.1 Å². The van der Waals surface area contributed by atoms with Gasteiger partial charge in [0.25, 0.3) is 30.4 Å². The number of sulfone groups is 1. The van der Waals surface area contributed by atoms with Crippen molar-refractivity contribution >= 4 is 113 Å². The minimum absolute atomic E-state index is 0.0288. The van der Waals surface area contributed by atoms with Gasteiger partial charge in [-0.2, -0.15) is 38.8 Å². The van der Waals surface area contributed by atoms with Gasteiger partial charge in [-0.25, -0.2) is 12.6 Å². The number of rotatable bonds is 14. The summed E-state index contributed by atoms with van der Waals surface area (Å²) in [6, 6.07) is 10.6. The summed E-state index contributed by atoms with van der Waals surface area (Å²) in [7, 11) is -23.5. The second kappa shape index (κ2) is 16.6. The number of fused-ring (bicyclic) bond motifs is 1. The van der Waals surface area contributed by atoms with Crippen LogP contribution in [-0.4, -0.2) is 78.5 Å². The van der Waals surface area contributed by atoms with Crippen molar-refractivity contribution in [2.24, 2.45) is 30.7 Å². The number of hydrogen-bond donors (Lipinski definition) is 8. The summed E-state index contributed by atoms with van der Waals surface area (Å²) in [6.07, 6.45) is 0. The summed E-state index contributed by atoms with van der Waals surface area (Å²) in [5.74, 6) is -2.48. The highest BCUT2D eigenvalue weighted by atomic mass is 32.3. The molecule has 0 spiro atoms. The van der Waals surface area contributed by atoms with Gasteiger partial charge in [-0.15, -0.1) is 25.6 Å². The first kappa shape index (κ1) is 45.8. The number of anilines is 3. The van der Waals surface area contributed by atoms with Crippen LogP contribution in [0.25, 0.3) is 10.8 Å². The average molecular weight is 946 g/mol. The van der Waals surface area contributed by atoms with Crippen LogP contribution >= 0.6 is 0 Å². The molecule has 0 aliphatic carbocycles. The van der Waals surface area contributed by atoms with Crippen molar-refractivity contribution in [1.29, 1.82) is 0 Å². The molecule has 0 aliphatic rings. The van der Waals surface area contributed by atoms with Crippen molar-refractivity contribution in [3.8, 4) is 11.5 Å². The number of nitrogens with zero attached hydrogens (tertiary/aromatic N) is 6. The smallest absolute Gasteiger partial charge is 0.398 e. The quantitative estimate of drug-likeness (QED) is 0.0419. The largest absolute Gasteiger partial charge is 0.507 e. The van der Waals surface area contributed by atoms with Crippen molar-refractivity contribution in [1.82, 2.24) is 0 Å². The summed E-state index contributed by atoms with van der Waals surface area (Å²) in [5, 5.41) is 33.5. The van der Waals surface area contributed by atoms with E-state index in [0.717, 1.165) is 49.6 Å². The van der Waals surface area contributed by atoms with Crippen molar-refractivity contribution in [3.05, 3.63) is 66.7 Å². The van der Waals surface area contributed by atoms with Gasteiger partial charge >= 0.3 is 10.4 Å². The first-order valence-corrected chi connectivity index (χ1v) is 23.1.